The van der Waals surface area contributed by atoms with E-state index in [1.165, 1.54) is 26.0 Å². The highest BCUT2D eigenvalue weighted by molar-refractivity contribution is 7.99. The van der Waals surface area contributed by atoms with Crippen LogP contribution in [0.1, 0.15) is 20.8 Å². The van der Waals surface area contributed by atoms with E-state index in [1.807, 2.05) is 20.8 Å². The van der Waals surface area contributed by atoms with E-state index in [0.717, 1.165) is 0 Å². The Morgan fingerprint density at radius 2 is 1.75 bits per heavy atom. The molecule has 0 aliphatic carbocycles. The first-order valence-electron chi connectivity index (χ1n) is 6.10. The Morgan fingerprint density at radius 1 is 1.25 bits per heavy atom. The molecule has 1 aromatic rings. The van der Waals surface area contributed by atoms with Crippen molar-refractivity contribution in [3.63, 3.8) is 0 Å². The Balaban J connectivity index is 3.08. The third-order valence-electron chi connectivity index (χ3n) is 2.64. The molecule has 0 fully saturated rings. The van der Waals surface area contributed by atoms with Crippen molar-refractivity contribution in [2.75, 3.05) is 14.2 Å². The van der Waals surface area contributed by atoms with Crippen LogP contribution in [-0.2, 0) is 0 Å². The van der Waals surface area contributed by atoms with Crippen LogP contribution < -0.4 is 15.2 Å². The second-order valence-corrected chi connectivity index (χ2v) is 6.40. The number of hydrogen-bond acceptors (Lipinski definition) is 7. The summed E-state index contributed by atoms with van der Waals surface area (Å²) >= 11 is 1.36. The van der Waals surface area contributed by atoms with E-state index < -0.39 is 6.04 Å². The Morgan fingerprint density at radius 3 is 2.10 bits per heavy atom. The highest BCUT2D eigenvalue weighted by Gasteiger charge is 2.32. The molecule has 2 atom stereocenters. The molecule has 1 aromatic heterocycles. The van der Waals surface area contributed by atoms with Gasteiger partial charge >= 0.3 is 0 Å². The van der Waals surface area contributed by atoms with Crippen LogP contribution in [0.25, 0.3) is 0 Å². The van der Waals surface area contributed by atoms with E-state index >= 15 is 0 Å². The van der Waals surface area contributed by atoms with Crippen LogP contribution in [0, 0.1) is 16.7 Å². The Hall–Kier alpha value is -1.52. The number of thioether (sulfide) groups is 1. The molecule has 2 N–H and O–H groups in total. The lowest BCUT2D eigenvalue weighted by atomic mass is 9.88. The molecule has 0 radical (unpaired) electrons. The van der Waals surface area contributed by atoms with Gasteiger partial charge in [0, 0.05) is 5.25 Å². The van der Waals surface area contributed by atoms with E-state index in [0.29, 0.717) is 16.9 Å². The third-order valence-corrected chi connectivity index (χ3v) is 4.29. The molecule has 7 heteroatoms. The van der Waals surface area contributed by atoms with Crippen molar-refractivity contribution in [3.8, 4) is 17.8 Å². The van der Waals surface area contributed by atoms with Gasteiger partial charge in [-0.3, -0.25) is 0 Å². The van der Waals surface area contributed by atoms with Gasteiger partial charge in [0.15, 0.2) is 5.16 Å². The van der Waals surface area contributed by atoms with Gasteiger partial charge in [0.2, 0.25) is 11.8 Å². The van der Waals surface area contributed by atoms with E-state index in [2.05, 4.69) is 16.0 Å². The van der Waals surface area contributed by atoms with Crippen LogP contribution in [0.2, 0.25) is 0 Å². The maximum absolute atomic E-state index is 9.07. The average Bonchev–Trinajstić information content (AvgIpc) is 2.42. The van der Waals surface area contributed by atoms with Crippen LogP contribution in [0.15, 0.2) is 11.2 Å². The molecule has 2 unspecified atom stereocenters. The summed E-state index contributed by atoms with van der Waals surface area (Å²) in [5, 5.41) is 9.40. The van der Waals surface area contributed by atoms with Crippen LogP contribution in [0.4, 0.5) is 0 Å². The summed E-state index contributed by atoms with van der Waals surface area (Å²) in [6.07, 6.45) is 0. The van der Waals surface area contributed by atoms with Gasteiger partial charge in [-0.25, -0.2) is 0 Å². The zero-order valence-electron chi connectivity index (χ0n) is 12.4. The molecule has 0 saturated carbocycles. The molecule has 0 amide bonds. The Labute approximate surface area is 123 Å². The monoisotopic (exact) mass is 296 g/mol. The maximum Gasteiger partial charge on any atom is 0.220 e. The summed E-state index contributed by atoms with van der Waals surface area (Å²) in [6.45, 7) is 6.08. The molecular formula is C13H20N4O2S. The highest BCUT2D eigenvalue weighted by atomic mass is 32.2. The quantitative estimate of drug-likeness (QED) is 0.654. The normalized spacial score (nSPS) is 14.2. The summed E-state index contributed by atoms with van der Waals surface area (Å²) in [4.78, 5) is 8.51. The van der Waals surface area contributed by atoms with E-state index in [1.54, 1.807) is 6.07 Å². The number of hydrogen-bond donors (Lipinski definition) is 1. The predicted molar refractivity (Wildman–Crippen MR) is 77.8 cm³/mol. The zero-order chi connectivity index (χ0) is 15.3. The summed E-state index contributed by atoms with van der Waals surface area (Å²) in [5.74, 6) is 0.829. The summed E-state index contributed by atoms with van der Waals surface area (Å²) in [5.41, 5.74) is 5.73. The first kappa shape index (κ1) is 16.5. The van der Waals surface area contributed by atoms with Gasteiger partial charge in [-0.05, 0) is 5.41 Å². The van der Waals surface area contributed by atoms with Crippen LogP contribution in [-0.4, -0.2) is 35.5 Å². The fourth-order valence-corrected chi connectivity index (χ4v) is 2.69. The summed E-state index contributed by atoms with van der Waals surface area (Å²) < 4.78 is 10.2. The number of ether oxygens (including phenoxy) is 2. The molecule has 1 rings (SSSR count). The van der Waals surface area contributed by atoms with Crippen LogP contribution in [0.5, 0.6) is 11.8 Å². The summed E-state index contributed by atoms with van der Waals surface area (Å²) in [6, 6.07) is 3.08. The fourth-order valence-electron chi connectivity index (χ4n) is 1.62. The van der Waals surface area contributed by atoms with Crippen LogP contribution in [0.3, 0.4) is 0 Å². The number of nitriles is 1. The molecule has 0 aromatic carbocycles. The fraction of sp³-hybridized carbons (Fsp3) is 0.615. The molecule has 6 nitrogen and oxygen atoms in total. The summed E-state index contributed by atoms with van der Waals surface area (Å²) in [7, 11) is 3.05. The topological polar surface area (TPSA) is 94.0 Å². The third kappa shape index (κ3) is 4.25. The molecule has 0 spiro atoms. The number of methoxy groups -OCH3 is 2. The van der Waals surface area contributed by atoms with E-state index in [9.17, 15) is 0 Å². The Kier molecular flexibility index (Phi) is 5.60. The second kappa shape index (κ2) is 6.77. The first-order chi connectivity index (χ1) is 9.31. The van der Waals surface area contributed by atoms with Crippen molar-refractivity contribution >= 4 is 11.8 Å². The molecule has 20 heavy (non-hydrogen) atoms. The van der Waals surface area contributed by atoms with Crippen molar-refractivity contribution in [1.29, 1.82) is 5.26 Å². The van der Waals surface area contributed by atoms with E-state index in [-0.39, 0.29) is 10.7 Å². The maximum atomic E-state index is 9.07. The first-order valence-corrected chi connectivity index (χ1v) is 6.98. The van der Waals surface area contributed by atoms with Gasteiger partial charge in [0.05, 0.1) is 26.4 Å². The Bertz CT molecular complexity index is 474. The second-order valence-electron chi connectivity index (χ2n) is 5.29. The number of aromatic nitrogens is 2. The van der Waals surface area contributed by atoms with Crippen molar-refractivity contribution in [2.24, 2.45) is 11.1 Å². The van der Waals surface area contributed by atoms with Gasteiger partial charge in [-0.15, -0.1) is 0 Å². The number of nitrogens with two attached hydrogens (primary N) is 1. The van der Waals surface area contributed by atoms with Crippen LogP contribution >= 0.6 is 11.8 Å². The lowest BCUT2D eigenvalue weighted by molar-refractivity contribution is 0.361. The minimum atomic E-state index is -0.610. The molecule has 0 saturated heterocycles. The molecule has 0 aliphatic heterocycles. The number of nitrogens with zero attached hydrogens (tertiary/aromatic N) is 3. The standard InChI is InChI=1S/C13H20N4O2S/c1-13(2,3)11(8(15)7-14)20-12-16-9(18-4)6-10(17-12)19-5/h6,8,11H,15H2,1-5H3. The van der Waals surface area contributed by atoms with Crippen molar-refractivity contribution in [3.05, 3.63) is 6.07 Å². The van der Waals surface area contributed by atoms with Crippen molar-refractivity contribution < 1.29 is 9.47 Å². The minimum absolute atomic E-state index is 0.149. The SMILES string of the molecule is COc1cc(OC)nc(SC(C(N)C#N)C(C)(C)C)n1. The molecule has 1 heterocycles. The van der Waals surface area contributed by atoms with Crippen molar-refractivity contribution in [2.45, 2.75) is 37.2 Å². The van der Waals surface area contributed by atoms with E-state index in [4.69, 9.17) is 20.5 Å². The highest BCUT2D eigenvalue weighted by Crippen LogP contribution is 2.36. The smallest absolute Gasteiger partial charge is 0.220 e. The average molecular weight is 296 g/mol. The van der Waals surface area contributed by atoms with Crippen molar-refractivity contribution in [1.82, 2.24) is 9.97 Å². The lowest BCUT2D eigenvalue weighted by Gasteiger charge is -2.31. The molecular weight excluding hydrogens is 276 g/mol. The molecule has 0 aliphatic rings. The van der Waals surface area contributed by atoms with Gasteiger partial charge in [-0.1, -0.05) is 32.5 Å². The largest absolute Gasteiger partial charge is 0.481 e. The van der Waals surface area contributed by atoms with Gasteiger partial charge in [0.1, 0.15) is 6.04 Å². The molecule has 0 bridgehead atoms. The lowest BCUT2D eigenvalue weighted by Crippen LogP contribution is -2.40. The minimum Gasteiger partial charge on any atom is -0.481 e. The predicted octanol–water partition coefficient (Wildman–Crippen LogP) is 1.85. The van der Waals surface area contributed by atoms with Gasteiger partial charge in [-0.2, -0.15) is 15.2 Å². The van der Waals surface area contributed by atoms with Gasteiger partial charge < -0.3 is 15.2 Å². The number of rotatable bonds is 5. The van der Waals surface area contributed by atoms with Gasteiger partial charge in [0.25, 0.3) is 0 Å². The zero-order valence-corrected chi connectivity index (χ0v) is 13.2. The molecule has 110 valence electrons.